The second-order valence-electron chi connectivity index (χ2n) is 10.7. The summed E-state index contributed by atoms with van der Waals surface area (Å²) in [4.78, 5) is 4.71. The fraction of sp³-hybridized carbons (Fsp3) is 0.552. The quantitative estimate of drug-likeness (QED) is 0.588. The number of phenolic OH excluding ortho intramolecular Hbond substituents is 1. The zero-order valence-electron chi connectivity index (χ0n) is 22.8. The number of aromatic hydroxyl groups is 1. The summed E-state index contributed by atoms with van der Waals surface area (Å²) in [7, 11) is 5.37. The summed E-state index contributed by atoms with van der Waals surface area (Å²) in [5.41, 5.74) is 5.78. The summed E-state index contributed by atoms with van der Waals surface area (Å²) in [5, 5.41) is 22.0. The van der Waals surface area contributed by atoms with E-state index in [1.54, 1.807) is 14.2 Å². The third-order valence-electron chi connectivity index (χ3n) is 8.98. The van der Waals surface area contributed by atoms with Gasteiger partial charge in [-0.15, -0.1) is 0 Å². The van der Waals surface area contributed by atoms with Gasteiger partial charge in [-0.3, -0.25) is 9.80 Å². The normalized spacial score (nSPS) is 27.2. The van der Waals surface area contributed by atoms with Crippen molar-refractivity contribution < 1.29 is 28.8 Å². The standard InChI is InChI=1S/C29H35N3O6/c1-7-18-23-17(25(33)15(3)27-29(23)38-13-37-27)10-20-24-22-16(9-19(31(24)4)21(11-30)32(18)20)8-14(2)26(35-6)28(22)36-12-34-5/h8,18-21,24,33H,7,9-10,12-13H2,1-6H3/t18-,19-,20?,21-,24-/m0/s1. The van der Waals surface area contributed by atoms with Crippen LogP contribution in [0.2, 0.25) is 0 Å². The molecule has 0 amide bonds. The van der Waals surface area contributed by atoms with Crippen molar-refractivity contribution in [1.82, 2.24) is 9.80 Å². The lowest BCUT2D eigenvalue weighted by molar-refractivity contribution is -0.0745. The molecule has 1 N–H and O–H groups in total. The van der Waals surface area contributed by atoms with Crippen LogP contribution >= 0.6 is 0 Å². The van der Waals surface area contributed by atoms with E-state index in [2.05, 4.69) is 35.9 Å². The van der Waals surface area contributed by atoms with Gasteiger partial charge in [0.05, 0.1) is 19.2 Å². The highest BCUT2D eigenvalue weighted by Gasteiger charge is 2.56. The van der Waals surface area contributed by atoms with Gasteiger partial charge in [-0.1, -0.05) is 13.0 Å². The number of rotatable bonds is 5. The molecular formula is C29H35N3O6. The highest BCUT2D eigenvalue weighted by molar-refractivity contribution is 5.66. The minimum Gasteiger partial charge on any atom is -0.507 e. The van der Waals surface area contributed by atoms with Crippen LogP contribution in [0.15, 0.2) is 6.07 Å². The molecular weight excluding hydrogens is 486 g/mol. The average Bonchev–Trinajstić information content (AvgIpc) is 3.40. The van der Waals surface area contributed by atoms with E-state index >= 15 is 0 Å². The van der Waals surface area contributed by atoms with Crippen LogP contribution in [-0.2, 0) is 17.6 Å². The minimum atomic E-state index is -0.334. The van der Waals surface area contributed by atoms with E-state index in [9.17, 15) is 10.4 Å². The van der Waals surface area contributed by atoms with Crippen LogP contribution in [0.3, 0.4) is 0 Å². The van der Waals surface area contributed by atoms with E-state index in [0.717, 1.165) is 35.1 Å². The van der Waals surface area contributed by atoms with Gasteiger partial charge in [-0.25, -0.2) is 0 Å². The lowest BCUT2D eigenvalue weighted by atomic mass is 9.71. The molecule has 5 atom stereocenters. The molecule has 4 aliphatic rings. The Balaban J connectivity index is 1.60. The maximum atomic E-state index is 11.4. The number of fused-ring (bicyclic) bond motifs is 9. The van der Waals surface area contributed by atoms with Crippen LogP contribution in [0.1, 0.15) is 58.8 Å². The number of ether oxygens (including phenoxy) is 5. The number of nitriles is 1. The Hall–Kier alpha value is -3.19. The maximum absolute atomic E-state index is 11.4. The van der Waals surface area contributed by atoms with E-state index in [4.69, 9.17) is 23.7 Å². The van der Waals surface area contributed by atoms with Crippen LogP contribution in [0.5, 0.6) is 28.7 Å². The van der Waals surface area contributed by atoms with Gasteiger partial charge >= 0.3 is 0 Å². The van der Waals surface area contributed by atoms with Gasteiger partial charge in [0.1, 0.15) is 11.8 Å². The molecule has 0 spiro atoms. The van der Waals surface area contributed by atoms with E-state index in [1.165, 1.54) is 5.56 Å². The van der Waals surface area contributed by atoms with Gasteiger partial charge < -0.3 is 28.8 Å². The smallest absolute Gasteiger partial charge is 0.231 e. The predicted octanol–water partition coefficient (Wildman–Crippen LogP) is 3.91. The van der Waals surface area contributed by atoms with Gasteiger partial charge in [0.2, 0.25) is 6.79 Å². The first kappa shape index (κ1) is 25.1. The molecule has 1 fully saturated rings. The van der Waals surface area contributed by atoms with Gasteiger partial charge in [-0.05, 0) is 51.3 Å². The van der Waals surface area contributed by atoms with Gasteiger partial charge in [0.25, 0.3) is 0 Å². The molecule has 0 radical (unpaired) electrons. The van der Waals surface area contributed by atoms with Gasteiger partial charge in [0, 0.05) is 47.5 Å². The number of likely N-dealkylation sites (N-methyl/N-ethyl adjacent to an activating group) is 1. The fourth-order valence-electron chi connectivity index (χ4n) is 7.49. The van der Waals surface area contributed by atoms with E-state index in [0.29, 0.717) is 35.0 Å². The summed E-state index contributed by atoms with van der Waals surface area (Å²) in [6.45, 7) is 6.26. The predicted molar refractivity (Wildman–Crippen MR) is 139 cm³/mol. The number of nitrogens with zero attached hydrogens (tertiary/aromatic N) is 3. The molecule has 0 saturated carbocycles. The van der Waals surface area contributed by atoms with Crippen molar-refractivity contribution in [2.45, 2.75) is 70.2 Å². The summed E-state index contributed by atoms with van der Waals surface area (Å²) in [6.07, 6.45) is 2.05. The first-order valence-corrected chi connectivity index (χ1v) is 13.2. The SMILES string of the molecule is CC[C@H]1c2c(c(O)c(C)c3c2OCO3)CC2[C@H]3c4c(cc(C)c(OC)c4OCOC)C[C@@H]([C@H](C#N)N21)N3C. The molecule has 2 aromatic carbocycles. The van der Waals surface area contributed by atoms with Crippen LogP contribution in [0, 0.1) is 25.2 Å². The first-order valence-electron chi connectivity index (χ1n) is 13.2. The zero-order valence-corrected chi connectivity index (χ0v) is 22.8. The van der Waals surface area contributed by atoms with Crippen molar-refractivity contribution >= 4 is 0 Å². The maximum Gasteiger partial charge on any atom is 0.231 e. The molecule has 6 rings (SSSR count). The van der Waals surface area contributed by atoms with Gasteiger partial charge in [-0.2, -0.15) is 5.26 Å². The molecule has 202 valence electrons. The Morgan fingerprint density at radius 2 is 1.87 bits per heavy atom. The summed E-state index contributed by atoms with van der Waals surface area (Å²) in [6, 6.07) is 4.24. The van der Waals surface area contributed by atoms with Crippen molar-refractivity contribution in [2.24, 2.45) is 0 Å². The molecule has 0 aromatic heterocycles. The Morgan fingerprint density at radius 3 is 2.55 bits per heavy atom. The van der Waals surface area contributed by atoms with E-state index < -0.39 is 0 Å². The van der Waals surface area contributed by atoms with Crippen molar-refractivity contribution in [3.63, 3.8) is 0 Å². The fourth-order valence-corrected chi connectivity index (χ4v) is 7.49. The second-order valence-corrected chi connectivity index (χ2v) is 10.7. The number of aryl methyl sites for hydroxylation is 1. The van der Waals surface area contributed by atoms with Crippen molar-refractivity contribution in [3.8, 4) is 34.8 Å². The highest BCUT2D eigenvalue weighted by Crippen LogP contribution is 2.58. The zero-order chi connectivity index (χ0) is 26.9. The Labute approximate surface area is 223 Å². The minimum absolute atomic E-state index is 0.00307. The Bertz CT molecular complexity index is 1340. The topological polar surface area (TPSA) is 96.7 Å². The summed E-state index contributed by atoms with van der Waals surface area (Å²) < 4.78 is 29.1. The number of phenols is 1. The van der Waals surface area contributed by atoms with Gasteiger partial charge in [0.15, 0.2) is 29.8 Å². The van der Waals surface area contributed by atoms with E-state index in [1.807, 2.05) is 13.8 Å². The summed E-state index contributed by atoms with van der Waals surface area (Å²) >= 11 is 0. The third-order valence-corrected chi connectivity index (χ3v) is 8.98. The molecule has 0 aliphatic carbocycles. The lowest BCUT2D eigenvalue weighted by Gasteiger charge is -2.60. The van der Waals surface area contributed by atoms with Crippen LogP contribution in [0.25, 0.3) is 0 Å². The summed E-state index contributed by atoms with van der Waals surface area (Å²) in [5.74, 6) is 2.98. The van der Waals surface area contributed by atoms with Crippen LogP contribution in [0.4, 0.5) is 0 Å². The van der Waals surface area contributed by atoms with Crippen molar-refractivity contribution in [2.75, 3.05) is 34.9 Å². The third kappa shape index (κ3) is 3.27. The number of hydrogen-bond donors (Lipinski definition) is 1. The molecule has 4 heterocycles. The first-order chi connectivity index (χ1) is 18.4. The van der Waals surface area contributed by atoms with E-state index in [-0.39, 0.29) is 49.5 Å². The van der Waals surface area contributed by atoms with Crippen LogP contribution < -0.4 is 18.9 Å². The molecule has 9 nitrogen and oxygen atoms in total. The second kappa shape index (κ2) is 9.23. The molecule has 1 saturated heterocycles. The average molecular weight is 522 g/mol. The molecule has 1 unspecified atom stereocenters. The molecule has 2 aromatic rings. The molecule has 2 bridgehead atoms. The Kier molecular flexibility index (Phi) is 6.10. The Morgan fingerprint density at radius 1 is 1.11 bits per heavy atom. The number of hydrogen-bond acceptors (Lipinski definition) is 9. The number of piperazine rings is 1. The van der Waals surface area contributed by atoms with Crippen LogP contribution in [-0.4, -0.2) is 67.9 Å². The number of methoxy groups -OCH3 is 2. The largest absolute Gasteiger partial charge is 0.507 e. The number of benzene rings is 2. The lowest BCUT2D eigenvalue weighted by Crippen LogP contribution is -2.68. The molecule has 9 heteroatoms. The monoisotopic (exact) mass is 521 g/mol. The molecule has 4 aliphatic heterocycles. The van der Waals surface area contributed by atoms with Crippen molar-refractivity contribution in [3.05, 3.63) is 39.4 Å². The van der Waals surface area contributed by atoms with Crippen molar-refractivity contribution in [1.29, 1.82) is 5.26 Å². The highest BCUT2D eigenvalue weighted by atomic mass is 16.7. The molecule has 38 heavy (non-hydrogen) atoms.